The zero-order valence-electron chi connectivity index (χ0n) is 16.6. The first-order valence-electron chi connectivity index (χ1n) is 10.3. The number of halogens is 3. The number of aromatic amines is 2. The summed E-state index contributed by atoms with van der Waals surface area (Å²) >= 11 is 0. The zero-order chi connectivity index (χ0) is 22.0. The molecule has 1 aliphatic carbocycles. The van der Waals surface area contributed by atoms with E-state index in [1.165, 1.54) is 6.20 Å². The molecule has 0 radical (unpaired) electrons. The van der Waals surface area contributed by atoms with Crippen LogP contribution in [0.4, 0.5) is 13.2 Å². The molecule has 0 unspecified atom stereocenters. The molecular weight excluding hydrogens is 415 g/mol. The van der Waals surface area contributed by atoms with Crippen LogP contribution in [0.3, 0.4) is 0 Å². The molecule has 0 aromatic carbocycles. The van der Waals surface area contributed by atoms with Crippen LogP contribution in [0.2, 0.25) is 0 Å². The van der Waals surface area contributed by atoms with Crippen LogP contribution < -0.4 is 11.2 Å². The Morgan fingerprint density at radius 3 is 2.55 bits per heavy atom. The topological polar surface area (TPSA) is 107 Å². The third-order valence-corrected chi connectivity index (χ3v) is 6.68. The van der Waals surface area contributed by atoms with Crippen LogP contribution in [0.1, 0.15) is 31.7 Å². The first kappa shape index (κ1) is 20.3. The van der Waals surface area contributed by atoms with Gasteiger partial charge in [0.2, 0.25) is 0 Å². The minimum absolute atomic E-state index is 0.118. The standard InChI is InChI=1S/C20H22F3N5O3/c21-20(22,23)19(31)9-27(10-19)8-11-1-3-12(4-2-11)28-15-13-5-6-24-16(13)25-7-14(15)17(29)26-18(28)30/h5-7,11-12,31H,1-4,8-10H2,(H,24,25)(H,26,29,30). The van der Waals surface area contributed by atoms with E-state index >= 15 is 0 Å². The summed E-state index contributed by atoms with van der Waals surface area (Å²) in [7, 11) is 0. The SMILES string of the molecule is O=c1[nH]c(=O)n(C2CCC(CN3CC(O)(C(F)(F)F)C3)CC2)c2c1cnc1[nH]ccc12. The number of fused-ring (bicyclic) bond motifs is 3. The third-order valence-electron chi connectivity index (χ3n) is 6.68. The van der Waals surface area contributed by atoms with Crippen LogP contribution in [0, 0.1) is 5.92 Å². The summed E-state index contributed by atoms with van der Waals surface area (Å²) in [5.74, 6) is 0.202. The molecule has 1 saturated heterocycles. The number of hydrogen-bond donors (Lipinski definition) is 3. The van der Waals surface area contributed by atoms with Crippen molar-refractivity contribution >= 4 is 21.9 Å². The number of aliphatic hydroxyl groups is 1. The number of rotatable bonds is 3. The molecule has 166 valence electrons. The first-order valence-corrected chi connectivity index (χ1v) is 10.3. The van der Waals surface area contributed by atoms with E-state index in [1.807, 2.05) is 0 Å². The second kappa shape index (κ2) is 6.92. The quantitative estimate of drug-likeness (QED) is 0.580. The molecule has 11 heteroatoms. The lowest BCUT2D eigenvalue weighted by molar-refractivity contribution is -0.302. The Labute approximate surface area is 173 Å². The fourth-order valence-corrected chi connectivity index (χ4v) is 5.05. The van der Waals surface area contributed by atoms with Crippen LogP contribution in [0.5, 0.6) is 0 Å². The molecule has 8 nitrogen and oxygen atoms in total. The Kier molecular flexibility index (Phi) is 4.52. The Morgan fingerprint density at radius 1 is 1.16 bits per heavy atom. The second-order valence-electron chi connectivity index (χ2n) is 8.76. The van der Waals surface area contributed by atoms with Crippen molar-refractivity contribution in [2.24, 2.45) is 5.92 Å². The number of nitrogens with one attached hydrogen (secondary N) is 2. The monoisotopic (exact) mass is 437 g/mol. The van der Waals surface area contributed by atoms with Crippen molar-refractivity contribution in [1.29, 1.82) is 0 Å². The lowest BCUT2D eigenvalue weighted by Crippen LogP contribution is -2.69. The van der Waals surface area contributed by atoms with Gasteiger partial charge < -0.3 is 10.1 Å². The normalized spacial score (nSPS) is 24.5. The molecule has 1 aliphatic heterocycles. The minimum Gasteiger partial charge on any atom is -0.378 e. The molecule has 0 amide bonds. The van der Waals surface area contributed by atoms with E-state index in [-0.39, 0.29) is 25.0 Å². The van der Waals surface area contributed by atoms with E-state index in [0.717, 1.165) is 12.8 Å². The molecule has 0 bridgehead atoms. The van der Waals surface area contributed by atoms with E-state index in [1.54, 1.807) is 21.7 Å². The molecule has 4 heterocycles. The van der Waals surface area contributed by atoms with Crippen LogP contribution >= 0.6 is 0 Å². The van der Waals surface area contributed by atoms with Gasteiger partial charge in [0.25, 0.3) is 5.56 Å². The molecule has 3 aromatic heterocycles. The highest BCUT2D eigenvalue weighted by Gasteiger charge is 2.60. The van der Waals surface area contributed by atoms with E-state index in [0.29, 0.717) is 41.3 Å². The Balaban J connectivity index is 1.34. The first-order chi connectivity index (χ1) is 14.7. The molecule has 3 N–H and O–H groups in total. The number of β-amino-alcohol motifs (C(OH)–C–C–N with tert-alkyl or cyclic N) is 1. The maximum Gasteiger partial charge on any atom is 0.419 e. The van der Waals surface area contributed by atoms with Crippen molar-refractivity contribution in [2.45, 2.75) is 43.5 Å². The number of nitrogens with zero attached hydrogens (tertiary/aromatic N) is 3. The minimum atomic E-state index is -4.61. The van der Waals surface area contributed by atoms with Gasteiger partial charge in [-0.25, -0.2) is 9.78 Å². The van der Waals surface area contributed by atoms with Crippen molar-refractivity contribution in [2.75, 3.05) is 19.6 Å². The number of hydrogen-bond acceptors (Lipinski definition) is 5. The highest BCUT2D eigenvalue weighted by atomic mass is 19.4. The maximum absolute atomic E-state index is 12.8. The lowest BCUT2D eigenvalue weighted by atomic mass is 9.83. The summed E-state index contributed by atoms with van der Waals surface area (Å²) in [6.45, 7) is -0.282. The molecule has 3 aromatic rings. The fraction of sp³-hybridized carbons (Fsp3) is 0.550. The highest BCUT2D eigenvalue weighted by molar-refractivity contribution is 6.01. The summed E-state index contributed by atoms with van der Waals surface area (Å²) in [6, 6.07) is 1.67. The van der Waals surface area contributed by atoms with Crippen molar-refractivity contribution in [3.05, 3.63) is 39.3 Å². The smallest absolute Gasteiger partial charge is 0.378 e. The predicted octanol–water partition coefficient (Wildman–Crippen LogP) is 1.91. The van der Waals surface area contributed by atoms with Gasteiger partial charge in [-0.3, -0.25) is 19.2 Å². The average Bonchev–Trinajstić information content (AvgIpc) is 3.16. The van der Waals surface area contributed by atoms with Gasteiger partial charge in [-0.15, -0.1) is 0 Å². The average molecular weight is 437 g/mol. The van der Waals surface area contributed by atoms with Gasteiger partial charge in [0, 0.05) is 43.5 Å². The predicted molar refractivity (Wildman–Crippen MR) is 107 cm³/mol. The number of likely N-dealkylation sites (tertiary alicyclic amines) is 1. The van der Waals surface area contributed by atoms with E-state index in [4.69, 9.17) is 0 Å². The molecular formula is C20H22F3N5O3. The number of pyridine rings is 1. The summed E-state index contributed by atoms with van der Waals surface area (Å²) in [4.78, 5) is 36.3. The summed E-state index contributed by atoms with van der Waals surface area (Å²) in [5, 5.41) is 10.7. The van der Waals surface area contributed by atoms with Gasteiger partial charge in [-0.2, -0.15) is 13.2 Å². The molecule has 5 rings (SSSR count). The van der Waals surface area contributed by atoms with Gasteiger partial charge >= 0.3 is 11.9 Å². The molecule has 31 heavy (non-hydrogen) atoms. The van der Waals surface area contributed by atoms with Crippen molar-refractivity contribution in [3.63, 3.8) is 0 Å². The van der Waals surface area contributed by atoms with Gasteiger partial charge in [-0.05, 0) is 37.7 Å². The number of H-pyrrole nitrogens is 2. The number of aromatic nitrogens is 4. The summed E-state index contributed by atoms with van der Waals surface area (Å²) in [5.41, 5.74) is -2.39. The molecule has 0 atom stereocenters. The van der Waals surface area contributed by atoms with Gasteiger partial charge in [-0.1, -0.05) is 0 Å². The van der Waals surface area contributed by atoms with Crippen LogP contribution in [-0.2, 0) is 0 Å². The lowest BCUT2D eigenvalue weighted by Gasteiger charge is -2.48. The van der Waals surface area contributed by atoms with E-state index < -0.39 is 23.0 Å². The molecule has 2 fully saturated rings. The largest absolute Gasteiger partial charge is 0.419 e. The Bertz CT molecular complexity index is 1250. The fourth-order valence-electron chi connectivity index (χ4n) is 5.05. The van der Waals surface area contributed by atoms with E-state index in [2.05, 4.69) is 15.0 Å². The van der Waals surface area contributed by atoms with Crippen molar-refractivity contribution in [1.82, 2.24) is 24.4 Å². The van der Waals surface area contributed by atoms with Crippen LogP contribution in [0.15, 0.2) is 28.0 Å². The van der Waals surface area contributed by atoms with Gasteiger partial charge in [0.1, 0.15) is 5.65 Å². The zero-order valence-corrected chi connectivity index (χ0v) is 16.6. The molecule has 0 spiro atoms. The van der Waals surface area contributed by atoms with Crippen LogP contribution in [-0.4, -0.2) is 60.9 Å². The number of alkyl halides is 3. The summed E-state index contributed by atoms with van der Waals surface area (Å²) < 4.78 is 40.1. The van der Waals surface area contributed by atoms with Crippen molar-refractivity contribution < 1.29 is 18.3 Å². The van der Waals surface area contributed by atoms with Gasteiger partial charge in [0.05, 0.1) is 10.9 Å². The highest BCUT2D eigenvalue weighted by Crippen LogP contribution is 2.40. The second-order valence-corrected chi connectivity index (χ2v) is 8.76. The molecule has 2 aliphatic rings. The van der Waals surface area contributed by atoms with Crippen molar-refractivity contribution in [3.8, 4) is 0 Å². The van der Waals surface area contributed by atoms with Crippen LogP contribution in [0.25, 0.3) is 21.9 Å². The maximum atomic E-state index is 12.8. The summed E-state index contributed by atoms with van der Waals surface area (Å²) in [6.07, 6.45) is 1.42. The third kappa shape index (κ3) is 3.26. The Hall–Kier alpha value is -2.66. The molecule has 1 saturated carbocycles. The van der Waals surface area contributed by atoms with Gasteiger partial charge in [0.15, 0.2) is 5.60 Å². The Morgan fingerprint density at radius 2 is 1.87 bits per heavy atom. The van der Waals surface area contributed by atoms with E-state index in [9.17, 15) is 27.9 Å².